The molecule has 0 saturated carbocycles. The molecular weight excluding hydrogens is 563 g/mol. The SMILES string of the molecule is O=C(Nc1ccc2oc(-c3cccc4c(Br)cccc34)nc2c1)c1ccc(-c2cc(Cl)ccc2Cl)o1. The average Bonchev–Trinajstić information content (AvgIpc) is 3.53. The highest BCUT2D eigenvalue weighted by Crippen LogP contribution is 2.35. The van der Waals surface area contributed by atoms with Crippen LogP contribution in [0, 0.1) is 0 Å². The van der Waals surface area contributed by atoms with E-state index in [4.69, 9.17) is 32.0 Å². The van der Waals surface area contributed by atoms with Crippen LogP contribution >= 0.6 is 39.1 Å². The maximum atomic E-state index is 12.8. The molecule has 4 aromatic carbocycles. The minimum Gasteiger partial charge on any atom is -0.451 e. The van der Waals surface area contributed by atoms with Crippen molar-refractivity contribution in [2.45, 2.75) is 0 Å². The number of hydrogen-bond acceptors (Lipinski definition) is 4. The van der Waals surface area contributed by atoms with E-state index in [1.54, 1.807) is 48.5 Å². The van der Waals surface area contributed by atoms with Crippen LogP contribution < -0.4 is 5.32 Å². The number of amides is 1. The van der Waals surface area contributed by atoms with Crippen molar-refractivity contribution in [2.75, 3.05) is 5.32 Å². The van der Waals surface area contributed by atoms with Gasteiger partial charge in [-0.15, -0.1) is 0 Å². The average molecular weight is 578 g/mol. The molecule has 176 valence electrons. The quantitative estimate of drug-likeness (QED) is 0.227. The van der Waals surface area contributed by atoms with Gasteiger partial charge in [0.15, 0.2) is 11.3 Å². The van der Waals surface area contributed by atoms with E-state index in [0.717, 1.165) is 20.8 Å². The molecule has 0 bridgehead atoms. The third-order valence-electron chi connectivity index (χ3n) is 5.77. The Morgan fingerprint density at radius 1 is 0.833 bits per heavy atom. The van der Waals surface area contributed by atoms with Crippen molar-refractivity contribution in [1.82, 2.24) is 4.98 Å². The minimum atomic E-state index is -0.402. The first-order chi connectivity index (χ1) is 17.5. The molecule has 1 N–H and O–H groups in total. The molecule has 0 aliphatic carbocycles. The van der Waals surface area contributed by atoms with Crippen LogP contribution in [-0.2, 0) is 0 Å². The number of anilines is 1. The molecule has 2 aromatic heterocycles. The number of rotatable bonds is 4. The van der Waals surface area contributed by atoms with E-state index >= 15 is 0 Å². The van der Waals surface area contributed by atoms with E-state index in [9.17, 15) is 4.79 Å². The second-order valence-electron chi connectivity index (χ2n) is 8.08. The van der Waals surface area contributed by atoms with Crippen LogP contribution in [0.25, 0.3) is 44.7 Å². The molecule has 0 spiro atoms. The summed E-state index contributed by atoms with van der Waals surface area (Å²) in [7, 11) is 0. The molecule has 0 unspecified atom stereocenters. The molecule has 36 heavy (non-hydrogen) atoms. The molecule has 0 aliphatic heterocycles. The van der Waals surface area contributed by atoms with Crippen LogP contribution in [0.15, 0.2) is 98.2 Å². The first-order valence-corrected chi connectivity index (χ1v) is 12.5. The van der Waals surface area contributed by atoms with Crippen LogP contribution in [0.1, 0.15) is 10.6 Å². The van der Waals surface area contributed by atoms with Crippen LogP contribution in [0.2, 0.25) is 10.0 Å². The van der Waals surface area contributed by atoms with Gasteiger partial charge in [0.1, 0.15) is 11.3 Å². The second kappa shape index (κ2) is 9.13. The smallest absolute Gasteiger partial charge is 0.291 e. The predicted molar refractivity (Wildman–Crippen MR) is 147 cm³/mol. The number of furan rings is 1. The first kappa shape index (κ1) is 22.9. The molecular formula is C28H15BrCl2N2O3. The summed E-state index contributed by atoms with van der Waals surface area (Å²) in [5, 5.41) is 5.95. The van der Waals surface area contributed by atoms with E-state index in [1.807, 2.05) is 36.4 Å². The van der Waals surface area contributed by atoms with Crippen molar-refractivity contribution in [1.29, 1.82) is 0 Å². The molecule has 0 aliphatic rings. The van der Waals surface area contributed by atoms with E-state index in [2.05, 4.69) is 26.2 Å². The summed E-state index contributed by atoms with van der Waals surface area (Å²) >= 11 is 15.9. The zero-order valence-electron chi connectivity index (χ0n) is 18.4. The van der Waals surface area contributed by atoms with Gasteiger partial charge in [-0.3, -0.25) is 4.79 Å². The zero-order valence-corrected chi connectivity index (χ0v) is 21.5. The summed E-state index contributed by atoms with van der Waals surface area (Å²) in [5.74, 6) is 0.696. The molecule has 6 aromatic rings. The van der Waals surface area contributed by atoms with Gasteiger partial charge in [0.25, 0.3) is 5.91 Å². The second-order valence-corrected chi connectivity index (χ2v) is 9.78. The normalized spacial score (nSPS) is 11.3. The van der Waals surface area contributed by atoms with E-state index in [1.165, 1.54) is 0 Å². The van der Waals surface area contributed by atoms with Crippen molar-refractivity contribution in [2.24, 2.45) is 0 Å². The van der Waals surface area contributed by atoms with Crippen molar-refractivity contribution in [3.63, 3.8) is 0 Å². The van der Waals surface area contributed by atoms with Gasteiger partial charge in [0.2, 0.25) is 5.89 Å². The van der Waals surface area contributed by atoms with Crippen LogP contribution in [0.5, 0.6) is 0 Å². The molecule has 1 amide bonds. The Balaban J connectivity index is 1.28. The van der Waals surface area contributed by atoms with E-state index in [0.29, 0.717) is 44.0 Å². The Morgan fingerprint density at radius 3 is 2.56 bits per heavy atom. The minimum absolute atomic E-state index is 0.142. The van der Waals surface area contributed by atoms with Crippen molar-refractivity contribution >= 4 is 72.6 Å². The summed E-state index contributed by atoms with van der Waals surface area (Å²) in [6.45, 7) is 0. The number of carbonyl (C=O) groups is 1. The van der Waals surface area contributed by atoms with Crippen LogP contribution in [0.3, 0.4) is 0 Å². The number of oxazole rings is 1. The molecule has 0 fully saturated rings. The largest absolute Gasteiger partial charge is 0.451 e. The topological polar surface area (TPSA) is 68.3 Å². The van der Waals surface area contributed by atoms with Gasteiger partial charge in [0.05, 0.1) is 5.02 Å². The molecule has 8 heteroatoms. The lowest BCUT2D eigenvalue weighted by atomic mass is 10.0. The number of nitrogens with one attached hydrogen (secondary N) is 1. The van der Waals surface area contributed by atoms with Crippen LogP contribution in [0.4, 0.5) is 5.69 Å². The molecule has 0 atom stereocenters. The number of carbonyl (C=O) groups excluding carboxylic acids is 1. The Kier molecular flexibility index (Phi) is 5.80. The summed E-state index contributed by atoms with van der Waals surface area (Å²) in [6, 6.07) is 25.6. The van der Waals surface area contributed by atoms with Gasteiger partial charge < -0.3 is 14.2 Å². The standard InChI is InChI=1S/C28H15BrCl2N2O3/c29-21-6-2-3-17-18(21)4-1-5-19(17)28-33-23-14-16(8-10-25(23)36-28)32-27(34)26-12-11-24(35-26)20-13-15(30)7-9-22(20)31/h1-14H,(H,32,34). The third kappa shape index (κ3) is 4.17. The molecule has 6 rings (SSSR count). The first-order valence-electron chi connectivity index (χ1n) is 10.9. The van der Waals surface area contributed by atoms with Gasteiger partial charge in [-0.2, -0.15) is 0 Å². The summed E-state index contributed by atoms with van der Waals surface area (Å²) in [5.41, 5.74) is 3.30. The number of fused-ring (bicyclic) bond motifs is 2. The predicted octanol–water partition coefficient (Wildman–Crippen LogP) is 9.23. The number of aromatic nitrogens is 1. The molecule has 0 radical (unpaired) electrons. The maximum absolute atomic E-state index is 12.8. The van der Waals surface area contributed by atoms with E-state index < -0.39 is 5.91 Å². The summed E-state index contributed by atoms with van der Waals surface area (Å²) in [6.07, 6.45) is 0. The Morgan fingerprint density at radius 2 is 1.67 bits per heavy atom. The number of benzene rings is 4. The molecule has 2 heterocycles. The highest BCUT2D eigenvalue weighted by atomic mass is 79.9. The number of halogens is 3. The van der Waals surface area contributed by atoms with E-state index in [-0.39, 0.29) is 5.76 Å². The Hall–Kier alpha value is -3.58. The van der Waals surface area contributed by atoms with Crippen LogP contribution in [-0.4, -0.2) is 10.9 Å². The lowest BCUT2D eigenvalue weighted by molar-refractivity contribution is 0.0997. The van der Waals surface area contributed by atoms with Crippen molar-refractivity contribution in [3.8, 4) is 22.8 Å². The molecule has 0 saturated heterocycles. The third-order valence-corrected chi connectivity index (χ3v) is 7.02. The summed E-state index contributed by atoms with van der Waals surface area (Å²) < 4.78 is 12.8. The number of nitrogens with zero attached hydrogens (tertiary/aromatic N) is 1. The van der Waals surface area contributed by atoms with Crippen molar-refractivity contribution < 1.29 is 13.6 Å². The molecule has 5 nitrogen and oxygen atoms in total. The van der Waals surface area contributed by atoms with Gasteiger partial charge in [-0.25, -0.2) is 4.98 Å². The fraction of sp³-hybridized carbons (Fsp3) is 0. The fourth-order valence-corrected chi connectivity index (χ4v) is 4.94. The Labute approximate surface area is 223 Å². The highest BCUT2D eigenvalue weighted by molar-refractivity contribution is 9.10. The van der Waals surface area contributed by atoms with Gasteiger partial charge >= 0.3 is 0 Å². The van der Waals surface area contributed by atoms with Gasteiger partial charge in [0, 0.05) is 26.3 Å². The number of hydrogen-bond donors (Lipinski definition) is 1. The lowest BCUT2D eigenvalue weighted by Crippen LogP contribution is -2.10. The maximum Gasteiger partial charge on any atom is 0.291 e. The Bertz CT molecular complexity index is 1790. The summed E-state index contributed by atoms with van der Waals surface area (Å²) in [4.78, 5) is 17.5. The highest BCUT2D eigenvalue weighted by Gasteiger charge is 2.17. The van der Waals surface area contributed by atoms with Gasteiger partial charge in [-0.05, 0) is 71.4 Å². The fourth-order valence-electron chi connectivity index (χ4n) is 4.06. The van der Waals surface area contributed by atoms with Crippen molar-refractivity contribution in [3.05, 3.63) is 105 Å². The van der Waals surface area contributed by atoms with Gasteiger partial charge in [-0.1, -0.05) is 63.4 Å². The monoisotopic (exact) mass is 576 g/mol. The zero-order chi connectivity index (χ0) is 24.8. The lowest BCUT2D eigenvalue weighted by Gasteiger charge is -2.04.